The number of nitrogens with one attached hydrogen (secondary N) is 2. The van der Waals surface area contributed by atoms with Gasteiger partial charge in [0, 0.05) is 36.4 Å². The van der Waals surface area contributed by atoms with Gasteiger partial charge in [0.2, 0.25) is 0 Å². The highest BCUT2D eigenvalue weighted by molar-refractivity contribution is 7.89. The van der Waals surface area contributed by atoms with Gasteiger partial charge in [-0.3, -0.25) is 0 Å². The zero-order valence-electron chi connectivity index (χ0n) is 11.4. The van der Waals surface area contributed by atoms with Gasteiger partial charge in [0.25, 0.3) is 10.0 Å². The minimum atomic E-state index is -3.45. The van der Waals surface area contributed by atoms with Crippen LogP contribution in [0.25, 0.3) is 0 Å². The number of aryl methyl sites for hydroxylation is 1. The largest absolute Gasteiger partial charge is 0.310 e. The first kappa shape index (κ1) is 15.6. The van der Waals surface area contributed by atoms with Crippen molar-refractivity contribution in [2.75, 3.05) is 14.1 Å². The Morgan fingerprint density at radius 1 is 1.39 bits per heavy atom. The first-order valence-electron chi connectivity index (χ1n) is 5.75. The number of hydrogen-bond acceptors (Lipinski definition) is 5. The van der Waals surface area contributed by atoms with Gasteiger partial charge in [-0.1, -0.05) is 13.8 Å². The number of nitrogens with zero attached hydrogens (tertiary/aromatic N) is 1. The van der Waals surface area contributed by atoms with Crippen LogP contribution >= 0.6 is 11.3 Å². The molecule has 0 fully saturated rings. The minimum absolute atomic E-state index is 0.363. The molecule has 2 N–H and O–H groups in total. The molecule has 5 nitrogen and oxygen atoms in total. The van der Waals surface area contributed by atoms with Crippen LogP contribution in [-0.2, 0) is 16.6 Å². The smallest absolute Gasteiger partial charge is 0.254 e. The van der Waals surface area contributed by atoms with Gasteiger partial charge in [-0.15, -0.1) is 16.2 Å². The second-order valence-electron chi connectivity index (χ2n) is 4.66. The Hall–Kier alpha value is -0.470. The van der Waals surface area contributed by atoms with Crippen molar-refractivity contribution in [3.63, 3.8) is 0 Å². The van der Waals surface area contributed by atoms with E-state index >= 15 is 0 Å². The van der Waals surface area contributed by atoms with Gasteiger partial charge >= 0.3 is 0 Å². The SMILES string of the molecule is Cc1sc(CNC(C)C)cc1S(=O)(=O)NN(C)C. The van der Waals surface area contributed by atoms with Crippen LogP contribution in [-0.4, -0.2) is 33.6 Å². The predicted octanol–water partition coefficient (Wildman–Crippen LogP) is 1.31. The summed E-state index contributed by atoms with van der Waals surface area (Å²) in [5, 5.41) is 4.71. The number of hydrazine groups is 1. The van der Waals surface area contributed by atoms with Gasteiger partial charge in [-0.05, 0) is 13.0 Å². The first-order chi connectivity index (χ1) is 8.22. The molecule has 1 aromatic rings. The van der Waals surface area contributed by atoms with E-state index in [1.54, 1.807) is 20.2 Å². The lowest BCUT2D eigenvalue weighted by atomic mass is 10.3. The topological polar surface area (TPSA) is 61.4 Å². The van der Waals surface area contributed by atoms with E-state index in [0.717, 1.165) is 9.75 Å². The van der Waals surface area contributed by atoms with Crippen molar-refractivity contribution in [1.29, 1.82) is 0 Å². The van der Waals surface area contributed by atoms with Crippen molar-refractivity contribution in [3.8, 4) is 0 Å². The van der Waals surface area contributed by atoms with Gasteiger partial charge in [-0.2, -0.15) is 0 Å². The standard InChI is InChI=1S/C11H21N3O2S2/c1-8(2)12-7-10-6-11(9(3)17-10)18(15,16)13-14(4)5/h6,8,12-13H,7H2,1-5H3. The molecule has 0 aliphatic heterocycles. The third kappa shape index (κ3) is 4.33. The van der Waals surface area contributed by atoms with Crippen LogP contribution in [0.1, 0.15) is 23.6 Å². The highest BCUT2D eigenvalue weighted by Crippen LogP contribution is 2.25. The summed E-state index contributed by atoms with van der Waals surface area (Å²) in [4.78, 5) is 4.65. The van der Waals surface area contributed by atoms with E-state index in [4.69, 9.17) is 0 Å². The lowest BCUT2D eigenvalue weighted by Crippen LogP contribution is -2.36. The molecule has 1 rings (SSSR count). The van der Waals surface area contributed by atoms with Crippen LogP contribution in [0.2, 0.25) is 0 Å². The summed E-state index contributed by atoms with van der Waals surface area (Å²) in [6.07, 6.45) is 0. The zero-order valence-corrected chi connectivity index (χ0v) is 13.1. The quantitative estimate of drug-likeness (QED) is 0.776. The molecule has 0 aromatic carbocycles. The molecule has 0 bridgehead atoms. The third-order valence-electron chi connectivity index (χ3n) is 2.20. The maximum atomic E-state index is 12.0. The fourth-order valence-electron chi connectivity index (χ4n) is 1.47. The summed E-state index contributed by atoms with van der Waals surface area (Å²) in [7, 11) is -0.143. The number of thiophene rings is 1. The first-order valence-corrected chi connectivity index (χ1v) is 8.05. The summed E-state index contributed by atoms with van der Waals surface area (Å²) in [6.45, 7) is 6.64. The molecule has 0 radical (unpaired) electrons. The van der Waals surface area contributed by atoms with Crippen LogP contribution in [0.15, 0.2) is 11.0 Å². The Morgan fingerprint density at radius 3 is 2.50 bits per heavy atom. The summed E-state index contributed by atoms with van der Waals surface area (Å²) < 4.78 is 24.1. The minimum Gasteiger partial charge on any atom is -0.310 e. The Bertz CT molecular complexity index is 492. The van der Waals surface area contributed by atoms with Crippen LogP contribution in [0.3, 0.4) is 0 Å². The molecule has 0 saturated heterocycles. The highest BCUT2D eigenvalue weighted by Gasteiger charge is 2.20. The van der Waals surface area contributed by atoms with Crippen molar-refractivity contribution in [1.82, 2.24) is 15.2 Å². The maximum Gasteiger partial charge on any atom is 0.254 e. The molecular formula is C11H21N3O2S2. The van der Waals surface area contributed by atoms with Crippen molar-refractivity contribution in [2.24, 2.45) is 0 Å². The van der Waals surface area contributed by atoms with Gasteiger partial charge in [0.15, 0.2) is 0 Å². The third-order valence-corrected chi connectivity index (χ3v) is 4.99. The summed E-state index contributed by atoms with van der Waals surface area (Å²) in [5.41, 5.74) is 0. The molecule has 0 amide bonds. The van der Waals surface area contributed by atoms with Crippen molar-refractivity contribution >= 4 is 21.4 Å². The van der Waals surface area contributed by atoms with Gasteiger partial charge in [0.05, 0.1) is 4.90 Å². The number of sulfonamides is 1. The molecule has 0 aliphatic rings. The fraction of sp³-hybridized carbons (Fsp3) is 0.636. The van der Waals surface area contributed by atoms with E-state index < -0.39 is 10.0 Å². The average Bonchev–Trinajstić information content (AvgIpc) is 2.55. The van der Waals surface area contributed by atoms with Gasteiger partial charge in [-0.25, -0.2) is 13.4 Å². The number of rotatable bonds is 6. The zero-order chi connectivity index (χ0) is 13.9. The number of hydrogen-bond donors (Lipinski definition) is 2. The molecule has 104 valence electrons. The van der Waals surface area contributed by atoms with Gasteiger partial charge in [0.1, 0.15) is 0 Å². The molecule has 0 atom stereocenters. The molecule has 18 heavy (non-hydrogen) atoms. The average molecular weight is 291 g/mol. The monoisotopic (exact) mass is 291 g/mol. The van der Waals surface area contributed by atoms with Crippen LogP contribution < -0.4 is 10.1 Å². The maximum absolute atomic E-state index is 12.0. The van der Waals surface area contributed by atoms with Crippen LogP contribution in [0.5, 0.6) is 0 Å². The Morgan fingerprint density at radius 2 is 2.00 bits per heavy atom. The van der Waals surface area contributed by atoms with Crippen molar-refractivity contribution in [3.05, 3.63) is 15.8 Å². The van der Waals surface area contributed by atoms with Crippen LogP contribution in [0.4, 0.5) is 0 Å². The van der Waals surface area contributed by atoms with E-state index in [1.165, 1.54) is 16.3 Å². The second kappa shape index (κ2) is 6.12. The van der Waals surface area contributed by atoms with E-state index in [0.29, 0.717) is 17.5 Å². The normalized spacial score (nSPS) is 12.6. The molecule has 7 heteroatoms. The fourth-order valence-corrected chi connectivity index (χ4v) is 4.14. The molecule has 0 aliphatic carbocycles. The van der Waals surface area contributed by atoms with E-state index in [2.05, 4.69) is 24.0 Å². The summed E-state index contributed by atoms with van der Waals surface area (Å²) in [6, 6.07) is 2.12. The Labute approximate surface area is 113 Å². The molecule has 0 unspecified atom stereocenters. The molecule has 0 saturated carbocycles. The molecule has 1 aromatic heterocycles. The second-order valence-corrected chi connectivity index (χ2v) is 7.63. The van der Waals surface area contributed by atoms with Crippen molar-refractivity contribution in [2.45, 2.75) is 38.3 Å². The van der Waals surface area contributed by atoms with E-state index in [1.807, 2.05) is 6.92 Å². The predicted molar refractivity (Wildman–Crippen MR) is 75.0 cm³/mol. The molecule has 0 spiro atoms. The lowest BCUT2D eigenvalue weighted by molar-refractivity contribution is 0.364. The lowest BCUT2D eigenvalue weighted by Gasteiger charge is -2.11. The Kier molecular flexibility index (Phi) is 5.30. The van der Waals surface area contributed by atoms with E-state index in [9.17, 15) is 8.42 Å². The van der Waals surface area contributed by atoms with Crippen molar-refractivity contribution < 1.29 is 8.42 Å². The van der Waals surface area contributed by atoms with Crippen LogP contribution in [0, 0.1) is 6.92 Å². The molecule has 1 heterocycles. The highest BCUT2D eigenvalue weighted by atomic mass is 32.2. The Balaban J connectivity index is 2.91. The molecular weight excluding hydrogens is 270 g/mol. The van der Waals surface area contributed by atoms with E-state index in [-0.39, 0.29) is 0 Å². The summed E-state index contributed by atoms with van der Waals surface area (Å²) >= 11 is 1.51. The van der Waals surface area contributed by atoms with Gasteiger partial charge < -0.3 is 5.32 Å². The summed E-state index contributed by atoms with van der Waals surface area (Å²) in [5.74, 6) is 0.